The van der Waals surface area contributed by atoms with Gasteiger partial charge in [-0.3, -0.25) is 4.98 Å². The second-order valence-electron chi connectivity index (χ2n) is 3.62. The van der Waals surface area contributed by atoms with Gasteiger partial charge in [0.2, 0.25) is 0 Å². The summed E-state index contributed by atoms with van der Waals surface area (Å²) in [5.74, 6) is 0. The van der Waals surface area contributed by atoms with E-state index in [0.29, 0.717) is 6.61 Å². The molecule has 3 rings (SSSR count). The van der Waals surface area contributed by atoms with E-state index in [1.54, 1.807) is 12.5 Å². The maximum absolute atomic E-state index is 5.44. The molecule has 78 valence electrons. The summed E-state index contributed by atoms with van der Waals surface area (Å²) in [7, 11) is 0. The quantitative estimate of drug-likeness (QED) is 0.764. The number of fused-ring (bicyclic) bond motifs is 1. The molecule has 2 aromatic heterocycles. The first-order chi connectivity index (χ1) is 7.45. The van der Waals surface area contributed by atoms with Crippen molar-refractivity contribution in [1.29, 1.82) is 0 Å². The molecule has 0 aliphatic carbocycles. The smallest absolute Gasteiger partial charge is 0.152 e. The molecule has 15 heavy (non-hydrogen) atoms. The van der Waals surface area contributed by atoms with Crippen LogP contribution in [0.2, 0.25) is 0 Å². The van der Waals surface area contributed by atoms with E-state index in [1.807, 2.05) is 12.1 Å². The van der Waals surface area contributed by atoms with Gasteiger partial charge in [0, 0.05) is 18.3 Å². The third-order valence-corrected chi connectivity index (χ3v) is 2.65. The molecule has 1 N–H and O–H groups in total. The van der Waals surface area contributed by atoms with E-state index in [0.717, 1.165) is 29.8 Å². The van der Waals surface area contributed by atoms with Crippen LogP contribution in [0.15, 0.2) is 29.0 Å². The van der Waals surface area contributed by atoms with Gasteiger partial charge in [-0.05, 0) is 12.1 Å². The highest BCUT2D eigenvalue weighted by molar-refractivity contribution is 5.76. The van der Waals surface area contributed by atoms with E-state index in [1.165, 1.54) is 0 Å². The highest BCUT2D eigenvalue weighted by Crippen LogP contribution is 2.25. The van der Waals surface area contributed by atoms with E-state index >= 15 is 0 Å². The molecule has 0 bridgehead atoms. The van der Waals surface area contributed by atoms with Gasteiger partial charge in [-0.15, -0.1) is 0 Å². The summed E-state index contributed by atoms with van der Waals surface area (Å²) in [6.07, 6.45) is 3.55. The Labute approximate surface area is 87.2 Å². The van der Waals surface area contributed by atoms with E-state index in [4.69, 9.17) is 9.15 Å². The minimum atomic E-state index is 0.204. The van der Waals surface area contributed by atoms with Crippen molar-refractivity contribution in [2.45, 2.75) is 6.04 Å². The van der Waals surface area contributed by atoms with Crippen molar-refractivity contribution in [1.82, 2.24) is 10.3 Å². The third-order valence-electron chi connectivity index (χ3n) is 2.65. The maximum Gasteiger partial charge on any atom is 0.152 e. The standard InChI is InChI=1S/C11H12N2O2/c1-2-10-11(13-3-1)8(6-15-10)9-7-14-5-4-12-9/h1-3,6,9,12H,4-5,7H2. The molecule has 1 aliphatic rings. The summed E-state index contributed by atoms with van der Waals surface area (Å²) in [6.45, 7) is 2.34. The summed E-state index contributed by atoms with van der Waals surface area (Å²) in [5.41, 5.74) is 2.85. The van der Waals surface area contributed by atoms with Crippen LogP contribution in [0.4, 0.5) is 0 Å². The first-order valence-electron chi connectivity index (χ1n) is 5.08. The van der Waals surface area contributed by atoms with Gasteiger partial charge in [0.15, 0.2) is 5.58 Å². The summed E-state index contributed by atoms with van der Waals surface area (Å²) >= 11 is 0. The molecule has 1 saturated heterocycles. The zero-order chi connectivity index (χ0) is 10.1. The van der Waals surface area contributed by atoms with Crippen LogP contribution in [0.3, 0.4) is 0 Å². The van der Waals surface area contributed by atoms with E-state index in [2.05, 4.69) is 10.3 Å². The number of nitrogens with zero attached hydrogens (tertiary/aromatic N) is 1. The molecule has 4 heteroatoms. The van der Waals surface area contributed by atoms with Crippen molar-refractivity contribution in [3.8, 4) is 0 Å². The predicted octanol–water partition coefficient (Wildman–Crippen LogP) is 1.49. The molecule has 1 unspecified atom stereocenters. The Hall–Kier alpha value is -1.39. The summed E-state index contributed by atoms with van der Waals surface area (Å²) in [5, 5.41) is 3.39. The number of hydrogen-bond donors (Lipinski definition) is 1. The normalized spacial score (nSPS) is 22.0. The fourth-order valence-corrected chi connectivity index (χ4v) is 1.90. The molecule has 2 aromatic rings. The Morgan fingerprint density at radius 1 is 1.47 bits per heavy atom. The summed E-state index contributed by atoms with van der Waals surface area (Å²) in [4.78, 5) is 4.33. The van der Waals surface area contributed by atoms with Crippen molar-refractivity contribution >= 4 is 11.1 Å². The molecular formula is C11H12N2O2. The molecular weight excluding hydrogens is 192 g/mol. The first-order valence-corrected chi connectivity index (χ1v) is 5.08. The van der Waals surface area contributed by atoms with Gasteiger partial charge >= 0.3 is 0 Å². The lowest BCUT2D eigenvalue weighted by atomic mass is 10.1. The molecule has 0 spiro atoms. The van der Waals surface area contributed by atoms with Crippen LogP contribution < -0.4 is 5.32 Å². The van der Waals surface area contributed by atoms with Crippen molar-refractivity contribution in [3.63, 3.8) is 0 Å². The topological polar surface area (TPSA) is 47.3 Å². The maximum atomic E-state index is 5.44. The molecule has 0 aromatic carbocycles. The van der Waals surface area contributed by atoms with E-state index in [-0.39, 0.29) is 6.04 Å². The van der Waals surface area contributed by atoms with Crippen molar-refractivity contribution in [2.24, 2.45) is 0 Å². The van der Waals surface area contributed by atoms with Crippen molar-refractivity contribution < 1.29 is 9.15 Å². The van der Waals surface area contributed by atoms with Crippen LogP contribution in [0.25, 0.3) is 11.1 Å². The van der Waals surface area contributed by atoms with E-state index in [9.17, 15) is 0 Å². The van der Waals surface area contributed by atoms with E-state index < -0.39 is 0 Å². The third kappa shape index (κ3) is 1.52. The molecule has 1 aliphatic heterocycles. The van der Waals surface area contributed by atoms with Gasteiger partial charge in [0.05, 0.1) is 25.5 Å². The Morgan fingerprint density at radius 2 is 2.47 bits per heavy atom. The van der Waals surface area contributed by atoms with Crippen LogP contribution in [0.5, 0.6) is 0 Å². The Kier molecular flexibility index (Phi) is 2.16. The number of aromatic nitrogens is 1. The number of pyridine rings is 1. The van der Waals surface area contributed by atoms with Crippen molar-refractivity contribution in [3.05, 3.63) is 30.2 Å². The van der Waals surface area contributed by atoms with Gasteiger partial charge in [0.1, 0.15) is 5.52 Å². The van der Waals surface area contributed by atoms with Crippen LogP contribution >= 0.6 is 0 Å². The molecule has 1 atom stereocenters. The Morgan fingerprint density at radius 3 is 3.33 bits per heavy atom. The van der Waals surface area contributed by atoms with Gasteiger partial charge < -0.3 is 14.5 Å². The van der Waals surface area contributed by atoms with Crippen molar-refractivity contribution in [2.75, 3.05) is 19.8 Å². The van der Waals surface area contributed by atoms with Gasteiger partial charge in [0.25, 0.3) is 0 Å². The minimum Gasteiger partial charge on any atom is -0.462 e. The number of hydrogen-bond acceptors (Lipinski definition) is 4. The second kappa shape index (κ2) is 3.64. The summed E-state index contributed by atoms with van der Waals surface area (Å²) < 4.78 is 10.9. The molecule has 1 fully saturated rings. The molecule has 0 radical (unpaired) electrons. The first kappa shape index (κ1) is 8.88. The average Bonchev–Trinajstić information content (AvgIpc) is 2.74. The van der Waals surface area contributed by atoms with Crippen LogP contribution in [0, 0.1) is 0 Å². The lowest BCUT2D eigenvalue weighted by Gasteiger charge is -2.22. The monoisotopic (exact) mass is 204 g/mol. The SMILES string of the molecule is c1cnc2c(C3COCCN3)coc2c1. The average molecular weight is 204 g/mol. The van der Waals surface area contributed by atoms with Crippen LogP contribution in [0.1, 0.15) is 11.6 Å². The largest absolute Gasteiger partial charge is 0.462 e. The zero-order valence-electron chi connectivity index (χ0n) is 8.27. The lowest BCUT2D eigenvalue weighted by molar-refractivity contribution is 0.0770. The summed E-state index contributed by atoms with van der Waals surface area (Å²) in [6, 6.07) is 4.01. The van der Waals surface area contributed by atoms with Gasteiger partial charge in [-0.2, -0.15) is 0 Å². The molecule has 4 nitrogen and oxygen atoms in total. The van der Waals surface area contributed by atoms with Gasteiger partial charge in [-0.25, -0.2) is 0 Å². The number of nitrogens with one attached hydrogen (secondary N) is 1. The number of rotatable bonds is 1. The molecule has 0 saturated carbocycles. The van der Waals surface area contributed by atoms with Gasteiger partial charge in [-0.1, -0.05) is 0 Å². The second-order valence-corrected chi connectivity index (χ2v) is 3.62. The fourth-order valence-electron chi connectivity index (χ4n) is 1.90. The number of furan rings is 1. The number of ether oxygens (including phenoxy) is 1. The van der Waals surface area contributed by atoms with Crippen LogP contribution in [-0.4, -0.2) is 24.7 Å². The van der Waals surface area contributed by atoms with Crippen LogP contribution in [-0.2, 0) is 4.74 Å². The Bertz CT molecular complexity index is 460. The minimum absolute atomic E-state index is 0.204. The molecule has 0 amide bonds. The molecule has 3 heterocycles. The highest BCUT2D eigenvalue weighted by Gasteiger charge is 2.20. The zero-order valence-corrected chi connectivity index (χ0v) is 8.27. The predicted molar refractivity (Wildman–Crippen MR) is 55.6 cm³/mol. The fraction of sp³-hybridized carbons (Fsp3) is 0.364. The number of morpholine rings is 1. The lowest BCUT2D eigenvalue weighted by Crippen LogP contribution is -2.34. The highest BCUT2D eigenvalue weighted by atomic mass is 16.5. The Balaban J connectivity index is 2.02.